The van der Waals surface area contributed by atoms with Crippen LogP contribution in [0.15, 0.2) is 59.2 Å². The Morgan fingerprint density at radius 1 is 1.13 bits per heavy atom. The number of benzene rings is 2. The predicted molar refractivity (Wildman–Crippen MR) is 92.2 cm³/mol. The zero-order valence-electron chi connectivity index (χ0n) is 12.5. The highest BCUT2D eigenvalue weighted by atomic mass is 35.5. The van der Waals surface area contributed by atoms with Gasteiger partial charge in [-0.05, 0) is 42.0 Å². The third-order valence-corrected chi connectivity index (χ3v) is 4.46. The van der Waals surface area contributed by atoms with Crippen molar-refractivity contribution in [2.24, 2.45) is 4.99 Å². The smallest absolute Gasteiger partial charge is 0.132 e. The summed E-state index contributed by atoms with van der Waals surface area (Å²) < 4.78 is 14.3. The van der Waals surface area contributed by atoms with Gasteiger partial charge in [-0.2, -0.15) is 0 Å². The van der Waals surface area contributed by atoms with E-state index in [-0.39, 0.29) is 11.9 Å². The fourth-order valence-electron chi connectivity index (χ4n) is 3.15. The fraction of sp³-hybridized carbons (Fsp3) is 0.105. The average Bonchev–Trinajstić information content (AvgIpc) is 2.82. The summed E-state index contributed by atoms with van der Waals surface area (Å²) in [6.45, 7) is 2.05. The molecule has 0 spiro atoms. The van der Waals surface area contributed by atoms with Crippen molar-refractivity contribution in [3.8, 4) is 0 Å². The molecule has 2 heterocycles. The minimum Gasteiger partial charge on any atom is -0.360 e. The van der Waals surface area contributed by atoms with Crippen LogP contribution in [0.2, 0.25) is 5.02 Å². The lowest BCUT2D eigenvalue weighted by Gasteiger charge is -2.09. The normalized spacial score (nSPS) is 18.9. The molecule has 23 heavy (non-hydrogen) atoms. The summed E-state index contributed by atoms with van der Waals surface area (Å²) in [5.41, 5.74) is 3.40. The van der Waals surface area contributed by atoms with E-state index >= 15 is 0 Å². The van der Waals surface area contributed by atoms with Crippen LogP contribution in [0.5, 0.6) is 0 Å². The van der Waals surface area contributed by atoms with E-state index in [0.717, 1.165) is 27.3 Å². The largest absolute Gasteiger partial charge is 0.360 e. The van der Waals surface area contributed by atoms with Gasteiger partial charge in [-0.3, -0.25) is 4.99 Å². The second-order valence-electron chi connectivity index (χ2n) is 5.66. The van der Waals surface area contributed by atoms with Gasteiger partial charge in [0.15, 0.2) is 0 Å². The van der Waals surface area contributed by atoms with Gasteiger partial charge in [-0.25, -0.2) is 4.39 Å². The molecule has 2 nitrogen and oxygen atoms in total. The molecule has 1 N–H and O–H groups in total. The van der Waals surface area contributed by atoms with Gasteiger partial charge < -0.3 is 5.32 Å². The molecule has 0 radical (unpaired) electrons. The third-order valence-electron chi connectivity index (χ3n) is 4.22. The van der Waals surface area contributed by atoms with Crippen molar-refractivity contribution < 1.29 is 4.39 Å². The second kappa shape index (κ2) is 5.36. The molecule has 0 fully saturated rings. The summed E-state index contributed by atoms with van der Waals surface area (Å²) in [7, 11) is 0. The van der Waals surface area contributed by atoms with Crippen molar-refractivity contribution in [1.29, 1.82) is 0 Å². The Morgan fingerprint density at radius 2 is 1.96 bits per heavy atom. The number of fused-ring (bicyclic) bond motifs is 2. The minimum atomic E-state index is -0.266. The van der Waals surface area contributed by atoms with Crippen molar-refractivity contribution >= 4 is 29.1 Å². The number of hydrogen-bond acceptors (Lipinski definition) is 2. The molecule has 1 atom stereocenters. The topological polar surface area (TPSA) is 24.4 Å². The number of hydrogen-bond donors (Lipinski definition) is 1. The molecule has 0 saturated carbocycles. The van der Waals surface area contributed by atoms with Crippen LogP contribution >= 0.6 is 11.6 Å². The standard InChI is InChI=1S/C19H14ClFN2/c1-11-18-12(9-22-11)10-23-19(15-4-2-3-5-17(15)21)16-8-13(20)6-7-14(16)18/h2-11,23H,1H3. The second-order valence-corrected chi connectivity index (χ2v) is 6.09. The maximum Gasteiger partial charge on any atom is 0.132 e. The molecule has 0 aliphatic carbocycles. The van der Waals surface area contributed by atoms with Crippen LogP contribution in [0.1, 0.15) is 12.5 Å². The summed E-state index contributed by atoms with van der Waals surface area (Å²) in [5.74, 6) is -0.266. The Morgan fingerprint density at radius 3 is 2.78 bits per heavy atom. The molecule has 0 amide bonds. The molecule has 4 heteroatoms. The first kappa shape index (κ1) is 14.2. The fourth-order valence-corrected chi connectivity index (χ4v) is 3.32. The van der Waals surface area contributed by atoms with Crippen LogP contribution in [0.4, 0.5) is 4.39 Å². The monoisotopic (exact) mass is 324 g/mol. The molecule has 2 aliphatic rings. The number of nitrogens with zero attached hydrogens (tertiary/aromatic N) is 1. The Bertz CT molecular complexity index is 989. The van der Waals surface area contributed by atoms with E-state index < -0.39 is 0 Å². The van der Waals surface area contributed by atoms with Crippen LogP contribution < -0.4 is 15.8 Å². The Balaban J connectivity index is 2.16. The van der Waals surface area contributed by atoms with E-state index in [9.17, 15) is 4.39 Å². The van der Waals surface area contributed by atoms with Gasteiger partial charge in [0.2, 0.25) is 0 Å². The first-order chi connectivity index (χ1) is 11.1. The van der Waals surface area contributed by atoms with Gasteiger partial charge in [0, 0.05) is 33.8 Å². The number of aliphatic imine (C=N–C) groups is 1. The molecule has 4 rings (SSSR count). The summed E-state index contributed by atoms with van der Waals surface area (Å²) >= 11 is 6.21. The molecule has 2 aromatic carbocycles. The summed E-state index contributed by atoms with van der Waals surface area (Å²) in [6.07, 6.45) is 3.74. The highest BCUT2D eigenvalue weighted by Gasteiger charge is 2.21. The lowest BCUT2D eigenvalue weighted by molar-refractivity contribution is 0.623. The van der Waals surface area contributed by atoms with E-state index in [1.165, 1.54) is 6.07 Å². The van der Waals surface area contributed by atoms with Crippen LogP contribution in [0.25, 0.3) is 11.3 Å². The Labute approximate surface area is 138 Å². The molecule has 0 bridgehead atoms. The molecular formula is C19H14ClFN2. The van der Waals surface area contributed by atoms with Gasteiger partial charge in [0.25, 0.3) is 0 Å². The van der Waals surface area contributed by atoms with E-state index in [1.54, 1.807) is 12.1 Å². The minimum absolute atomic E-state index is 0.0722. The average molecular weight is 325 g/mol. The number of rotatable bonds is 1. The van der Waals surface area contributed by atoms with Crippen molar-refractivity contribution in [3.63, 3.8) is 0 Å². The van der Waals surface area contributed by atoms with Crippen molar-refractivity contribution in [3.05, 3.63) is 81.1 Å². The van der Waals surface area contributed by atoms with Crippen LogP contribution in [-0.2, 0) is 0 Å². The quantitative estimate of drug-likeness (QED) is 0.857. The lowest BCUT2D eigenvalue weighted by atomic mass is 10.00. The molecule has 2 aliphatic heterocycles. The van der Waals surface area contributed by atoms with E-state index in [4.69, 9.17) is 11.6 Å². The highest BCUT2D eigenvalue weighted by Crippen LogP contribution is 2.23. The summed E-state index contributed by atoms with van der Waals surface area (Å²) in [4.78, 5) is 4.47. The first-order valence-corrected chi connectivity index (χ1v) is 7.82. The molecule has 2 aromatic rings. The van der Waals surface area contributed by atoms with Crippen LogP contribution in [-0.4, -0.2) is 12.3 Å². The highest BCUT2D eigenvalue weighted by molar-refractivity contribution is 6.30. The van der Waals surface area contributed by atoms with Gasteiger partial charge >= 0.3 is 0 Å². The van der Waals surface area contributed by atoms with E-state index in [0.29, 0.717) is 10.6 Å². The molecule has 1 unspecified atom stereocenters. The van der Waals surface area contributed by atoms with Gasteiger partial charge in [0.05, 0.1) is 11.7 Å². The lowest BCUT2D eigenvalue weighted by Crippen LogP contribution is -2.33. The van der Waals surface area contributed by atoms with Gasteiger partial charge in [0.1, 0.15) is 5.82 Å². The van der Waals surface area contributed by atoms with Crippen molar-refractivity contribution in [2.75, 3.05) is 0 Å². The van der Waals surface area contributed by atoms with Crippen molar-refractivity contribution in [2.45, 2.75) is 13.0 Å². The Hall–Kier alpha value is -2.39. The maximum absolute atomic E-state index is 14.3. The maximum atomic E-state index is 14.3. The molecule has 0 saturated heterocycles. The zero-order valence-corrected chi connectivity index (χ0v) is 13.2. The van der Waals surface area contributed by atoms with E-state index in [1.807, 2.05) is 36.7 Å². The first-order valence-electron chi connectivity index (χ1n) is 7.44. The molecule has 0 aromatic heterocycles. The van der Waals surface area contributed by atoms with Crippen molar-refractivity contribution in [1.82, 2.24) is 5.32 Å². The number of halogens is 2. The SMILES string of the molecule is CC1N=CC2=CNC(c3ccccc3F)=c3cc(Cl)ccc3=C21. The number of nitrogens with one attached hydrogen (secondary N) is 1. The molecular weight excluding hydrogens is 311 g/mol. The third kappa shape index (κ3) is 2.28. The zero-order chi connectivity index (χ0) is 16.0. The van der Waals surface area contributed by atoms with Crippen LogP contribution in [0.3, 0.4) is 0 Å². The predicted octanol–water partition coefficient (Wildman–Crippen LogP) is 2.75. The Kier molecular flexibility index (Phi) is 3.31. The van der Waals surface area contributed by atoms with E-state index in [2.05, 4.69) is 17.2 Å². The van der Waals surface area contributed by atoms with Crippen LogP contribution in [0, 0.1) is 5.82 Å². The summed E-state index contributed by atoms with van der Waals surface area (Å²) in [6, 6.07) is 12.5. The van der Waals surface area contributed by atoms with Gasteiger partial charge in [-0.1, -0.05) is 29.8 Å². The summed E-state index contributed by atoms with van der Waals surface area (Å²) in [5, 5.41) is 5.80. The molecule has 114 valence electrons. The van der Waals surface area contributed by atoms with Gasteiger partial charge in [-0.15, -0.1) is 0 Å².